The highest BCUT2D eigenvalue weighted by molar-refractivity contribution is 5.93. The Hall–Kier alpha value is -1.97. The summed E-state index contributed by atoms with van der Waals surface area (Å²) >= 11 is 0. The van der Waals surface area contributed by atoms with Gasteiger partial charge in [0.15, 0.2) is 0 Å². The zero-order valence-corrected chi connectivity index (χ0v) is 10.7. The first-order chi connectivity index (χ1) is 8.68. The third-order valence-electron chi connectivity index (χ3n) is 3.77. The second-order valence-electron chi connectivity index (χ2n) is 4.81. The lowest BCUT2D eigenvalue weighted by Crippen LogP contribution is -2.41. The molecule has 0 aromatic carbocycles. The Balaban J connectivity index is 1.91. The van der Waals surface area contributed by atoms with E-state index in [9.17, 15) is 4.79 Å². The van der Waals surface area contributed by atoms with E-state index in [2.05, 4.69) is 23.8 Å². The van der Waals surface area contributed by atoms with E-state index in [-0.39, 0.29) is 11.9 Å². The first kappa shape index (κ1) is 11.1. The minimum absolute atomic E-state index is 0.113. The zero-order chi connectivity index (χ0) is 12.7. The molecule has 1 aliphatic heterocycles. The number of carbonyl (C=O) groups excluding carboxylic acids is 1. The number of aromatic nitrogens is 2. The van der Waals surface area contributed by atoms with E-state index in [1.807, 2.05) is 40.9 Å². The van der Waals surface area contributed by atoms with Gasteiger partial charge in [0.1, 0.15) is 5.69 Å². The summed E-state index contributed by atoms with van der Waals surface area (Å²) in [6.07, 6.45) is 3.99. The van der Waals surface area contributed by atoms with E-state index >= 15 is 0 Å². The molecule has 94 valence electrons. The van der Waals surface area contributed by atoms with Gasteiger partial charge in [0.25, 0.3) is 5.91 Å². The molecule has 4 heteroatoms. The molecule has 3 heterocycles. The van der Waals surface area contributed by atoms with Crippen molar-refractivity contribution < 1.29 is 4.79 Å². The van der Waals surface area contributed by atoms with Crippen LogP contribution in [-0.4, -0.2) is 26.5 Å². The molecule has 0 saturated carbocycles. The lowest BCUT2D eigenvalue weighted by atomic mass is 10.1. The molecule has 0 aliphatic carbocycles. The highest BCUT2D eigenvalue weighted by Crippen LogP contribution is 2.26. The smallest absolute Gasteiger partial charge is 0.271 e. The van der Waals surface area contributed by atoms with Crippen molar-refractivity contribution in [3.05, 3.63) is 48.0 Å². The maximum atomic E-state index is 12.5. The third kappa shape index (κ3) is 1.56. The van der Waals surface area contributed by atoms with E-state index in [1.165, 1.54) is 5.69 Å². The van der Waals surface area contributed by atoms with E-state index in [0.717, 1.165) is 18.8 Å². The number of amides is 1. The highest BCUT2D eigenvalue weighted by atomic mass is 16.2. The Morgan fingerprint density at radius 3 is 2.72 bits per heavy atom. The minimum Gasteiger partial charge on any atom is -0.348 e. The Kier molecular flexibility index (Phi) is 2.51. The summed E-state index contributed by atoms with van der Waals surface area (Å²) in [7, 11) is 1.91. The Morgan fingerprint density at radius 1 is 1.22 bits per heavy atom. The summed E-state index contributed by atoms with van der Waals surface area (Å²) in [6.45, 7) is 3.74. The highest BCUT2D eigenvalue weighted by Gasteiger charge is 2.28. The molecule has 18 heavy (non-hydrogen) atoms. The number of carbonyl (C=O) groups is 1. The number of hydrogen-bond acceptors (Lipinski definition) is 1. The fourth-order valence-corrected chi connectivity index (χ4v) is 2.69. The third-order valence-corrected chi connectivity index (χ3v) is 3.77. The number of hydrogen-bond donors (Lipinski definition) is 0. The van der Waals surface area contributed by atoms with Crippen LogP contribution in [0.2, 0.25) is 0 Å². The van der Waals surface area contributed by atoms with Gasteiger partial charge in [-0.2, -0.15) is 0 Å². The average molecular weight is 243 g/mol. The Labute approximate surface area is 106 Å². The molecule has 2 aromatic heterocycles. The summed E-state index contributed by atoms with van der Waals surface area (Å²) < 4.78 is 4.10. The molecular weight excluding hydrogens is 226 g/mol. The molecule has 1 amide bonds. The quantitative estimate of drug-likeness (QED) is 0.754. The molecule has 1 aliphatic rings. The molecule has 2 aromatic rings. The van der Waals surface area contributed by atoms with Crippen molar-refractivity contribution in [2.24, 2.45) is 7.05 Å². The summed E-state index contributed by atoms with van der Waals surface area (Å²) in [5, 5.41) is 0. The maximum absolute atomic E-state index is 12.5. The first-order valence-corrected chi connectivity index (χ1v) is 6.26. The second kappa shape index (κ2) is 4.05. The lowest BCUT2D eigenvalue weighted by Gasteiger charge is -2.35. The lowest BCUT2D eigenvalue weighted by molar-refractivity contribution is 0.0634. The molecule has 0 spiro atoms. The van der Waals surface area contributed by atoms with Crippen LogP contribution in [0.5, 0.6) is 0 Å². The first-order valence-electron chi connectivity index (χ1n) is 6.26. The van der Waals surface area contributed by atoms with Gasteiger partial charge in [0.2, 0.25) is 0 Å². The average Bonchev–Trinajstić information content (AvgIpc) is 2.97. The second-order valence-corrected chi connectivity index (χ2v) is 4.81. The van der Waals surface area contributed by atoms with E-state index in [0.29, 0.717) is 0 Å². The molecule has 0 radical (unpaired) electrons. The summed E-state index contributed by atoms with van der Waals surface area (Å²) in [6, 6.07) is 8.06. The minimum atomic E-state index is 0.113. The number of fused-ring (bicyclic) bond motifs is 1. The van der Waals surface area contributed by atoms with Crippen LogP contribution in [0, 0.1) is 0 Å². The summed E-state index contributed by atoms with van der Waals surface area (Å²) in [5.74, 6) is 0.113. The fourth-order valence-electron chi connectivity index (χ4n) is 2.69. The molecule has 3 rings (SSSR count). The Morgan fingerprint density at radius 2 is 2.00 bits per heavy atom. The summed E-state index contributed by atoms with van der Waals surface area (Å²) in [5.41, 5.74) is 1.96. The van der Waals surface area contributed by atoms with Crippen molar-refractivity contribution in [1.29, 1.82) is 0 Å². The van der Waals surface area contributed by atoms with Crippen molar-refractivity contribution in [3.8, 4) is 0 Å². The van der Waals surface area contributed by atoms with Crippen molar-refractivity contribution in [2.75, 3.05) is 6.54 Å². The molecule has 1 atom stereocenters. The number of rotatable bonds is 1. The van der Waals surface area contributed by atoms with Crippen LogP contribution in [0.15, 0.2) is 36.7 Å². The van der Waals surface area contributed by atoms with E-state index < -0.39 is 0 Å². The van der Waals surface area contributed by atoms with Crippen LogP contribution in [0.4, 0.5) is 0 Å². The molecule has 0 fully saturated rings. The van der Waals surface area contributed by atoms with Gasteiger partial charge in [-0.05, 0) is 31.2 Å². The fraction of sp³-hybridized carbons (Fsp3) is 0.357. The van der Waals surface area contributed by atoms with E-state index in [1.54, 1.807) is 0 Å². The number of nitrogens with zero attached hydrogens (tertiary/aromatic N) is 3. The van der Waals surface area contributed by atoms with Gasteiger partial charge < -0.3 is 14.0 Å². The van der Waals surface area contributed by atoms with Crippen molar-refractivity contribution in [3.63, 3.8) is 0 Å². The van der Waals surface area contributed by atoms with Gasteiger partial charge in [0.05, 0.1) is 6.04 Å². The Bertz CT molecular complexity index is 581. The maximum Gasteiger partial charge on any atom is 0.271 e. The van der Waals surface area contributed by atoms with Crippen molar-refractivity contribution >= 4 is 5.91 Å². The molecule has 0 saturated heterocycles. The monoisotopic (exact) mass is 243 g/mol. The van der Waals surface area contributed by atoms with Gasteiger partial charge in [-0.1, -0.05) is 0 Å². The van der Waals surface area contributed by atoms with Gasteiger partial charge in [-0.25, -0.2) is 0 Å². The van der Waals surface area contributed by atoms with Crippen molar-refractivity contribution in [1.82, 2.24) is 14.0 Å². The molecule has 4 nitrogen and oxygen atoms in total. The van der Waals surface area contributed by atoms with Crippen LogP contribution in [0.1, 0.15) is 29.1 Å². The largest absolute Gasteiger partial charge is 0.348 e. The van der Waals surface area contributed by atoms with Crippen LogP contribution in [0.25, 0.3) is 0 Å². The van der Waals surface area contributed by atoms with Crippen LogP contribution >= 0.6 is 0 Å². The topological polar surface area (TPSA) is 30.2 Å². The molecule has 1 unspecified atom stereocenters. The predicted molar refractivity (Wildman–Crippen MR) is 69.3 cm³/mol. The van der Waals surface area contributed by atoms with Crippen LogP contribution < -0.4 is 0 Å². The predicted octanol–water partition coefficient (Wildman–Crippen LogP) is 2.04. The molecular formula is C14H17N3O. The standard InChI is InChI=1S/C14H17N3O/c1-11-12-5-4-8-16(12)9-10-17(11)14(18)13-6-3-7-15(13)2/h3-8,11H,9-10H2,1-2H3. The van der Waals surface area contributed by atoms with Gasteiger partial charge >= 0.3 is 0 Å². The van der Waals surface area contributed by atoms with E-state index in [4.69, 9.17) is 0 Å². The zero-order valence-electron chi connectivity index (χ0n) is 10.7. The van der Waals surface area contributed by atoms with Crippen molar-refractivity contribution in [2.45, 2.75) is 19.5 Å². The summed E-state index contributed by atoms with van der Waals surface area (Å²) in [4.78, 5) is 14.5. The SMILES string of the molecule is CC1c2cccn2CCN1C(=O)c1cccn1C. The van der Waals surface area contributed by atoms with Crippen LogP contribution in [-0.2, 0) is 13.6 Å². The van der Waals surface area contributed by atoms with Crippen LogP contribution in [0.3, 0.4) is 0 Å². The normalized spacial score (nSPS) is 18.8. The van der Waals surface area contributed by atoms with Gasteiger partial charge in [0, 0.05) is 38.2 Å². The molecule has 0 bridgehead atoms. The molecule has 0 N–H and O–H groups in total. The number of aryl methyl sites for hydroxylation is 1. The van der Waals surface area contributed by atoms with Gasteiger partial charge in [-0.15, -0.1) is 0 Å². The van der Waals surface area contributed by atoms with Gasteiger partial charge in [-0.3, -0.25) is 4.79 Å².